The van der Waals surface area contributed by atoms with Crippen molar-refractivity contribution in [3.05, 3.63) is 46.2 Å². The molecular formula is C12H12N2O2S2. The minimum atomic E-state index is -0.267. The molecule has 0 atom stereocenters. The lowest BCUT2D eigenvalue weighted by Crippen LogP contribution is -2.29. The van der Waals surface area contributed by atoms with E-state index in [1.54, 1.807) is 30.0 Å². The molecule has 1 heterocycles. The number of nitrogens with two attached hydrogens (primary N) is 1. The van der Waals surface area contributed by atoms with Crippen LogP contribution in [0.1, 0.15) is 15.2 Å². The second-order valence-electron chi connectivity index (χ2n) is 3.53. The Hall–Kier alpha value is -1.50. The van der Waals surface area contributed by atoms with E-state index in [9.17, 15) is 9.90 Å². The maximum atomic E-state index is 11.5. The predicted octanol–water partition coefficient (Wildman–Crippen LogP) is 2.35. The monoisotopic (exact) mass is 280 g/mol. The Labute approximate surface area is 113 Å². The van der Waals surface area contributed by atoms with Gasteiger partial charge in [0, 0.05) is 10.6 Å². The third kappa shape index (κ3) is 3.04. The number of nitrogen functional groups attached to an aromatic ring is 1. The molecule has 1 aromatic carbocycles. The minimum absolute atomic E-state index is 0.241. The highest BCUT2D eigenvalue weighted by atomic mass is 32.2. The van der Waals surface area contributed by atoms with E-state index in [-0.39, 0.29) is 11.7 Å². The van der Waals surface area contributed by atoms with Gasteiger partial charge < -0.3 is 5.11 Å². The Balaban J connectivity index is 2.07. The van der Waals surface area contributed by atoms with E-state index < -0.39 is 0 Å². The number of thiophene rings is 1. The third-order valence-corrected chi connectivity index (χ3v) is 4.29. The van der Waals surface area contributed by atoms with Crippen LogP contribution in [0.4, 0.5) is 0 Å². The zero-order valence-corrected chi connectivity index (χ0v) is 11.1. The van der Waals surface area contributed by atoms with Crippen molar-refractivity contribution in [1.29, 1.82) is 0 Å². The van der Waals surface area contributed by atoms with Crippen molar-refractivity contribution in [2.24, 2.45) is 5.84 Å². The summed E-state index contributed by atoms with van der Waals surface area (Å²) in [7, 11) is 0. The van der Waals surface area contributed by atoms with Crippen LogP contribution in [-0.4, -0.2) is 11.0 Å². The van der Waals surface area contributed by atoms with Crippen molar-refractivity contribution < 1.29 is 9.90 Å². The molecule has 2 aromatic rings. The summed E-state index contributed by atoms with van der Waals surface area (Å²) in [6.07, 6.45) is 0. The molecule has 0 fully saturated rings. The lowest BCUT2D eigenvalue weighted by Gasteiger charge is -2.03. The summed E-state index contributed by atoms with van der Waals surface area (Å²) in [5, 5.41) is 11.2. The quantitative estimate of drug-likeness (QED) is 0.348. The van der Waals surface area contributed by atoms with Crippen LogP contribution in [0.5, 0.6) is 5.75 Å². The molecule has 1 aromatic heterocycles. The predicted molar refractivity (Wildman–Crippen MR) is 73.6 cm³/mol. The summed E-state index contributed by atoms with van der Waals surface area (Å²) < 4.78 is 0. The van der Waals surface area contributed by atoms with Crippen molar-refractivity contribution >= 4 is 29.0 Å². The fourth-order valence-electron chi connectivity index (χ4n) is 1.45. The van der Waals surface area contributed by atoms with Gasteiger partial charge in [-0.2, -0.15) is 0 Å². The van der Waals surface area contributed by atoms with E-state index in [0.717, 1.165) is 10.5 Å². The number of phenolic OH excluding ortho intramolecular Hbond substituents is 1. The average Bonchev–Trinajstić information content (AvgIpc) is 2.84. The summed E-state index contributed by atoms with van der Waals surface area (Å²) in [5.41, 5.74) is 3.08. The molecule has 0 bridgehead atoms. The van der Waals surface area contributed by atoms with Gasteiger partial charge in [0.25, 0.3) is 5.91 Å². The molecule has 18 heavy (non-hydrogen) atoms. The number of rotatable bonds is 4. The van der Waals surface area contributed by atoms with Gasteiger partial charge in [0.2, 0.25) is 0 Å². The number of phenols is 1. The first kappa shape index (κ1) is 12.9. The van der Waals surface area contributed by atoms with Crippen molar-refractivity contribution in [2.75, 3.05) is 0 Å². The Kier molecular flexibility index (Phi) is 4.24. The zero-order chi connectivity index (χ0) is 13.0. The van der Waals surface area contributed by atoms with Crippen LogP contribution in [0.3, 0.4) is 0 Å². The zero-order valence-electron chi connectivity index (χ0n) is 9.42. The van der Waals surface area contributed by atoms with Crippen LogP contribution >= 0.6 is 23.1 Å². The number of benzene rings is 1. The van der Waals surface area contributed by atoms with Gasteiger partial charge >= 0.3 is 0 Å². The number of carbonyl (C=O) groups excluding carboxylic acids is 1. The highest BCUT2D eigenvalue weighted by Gasteiger charge is 2.11. The number of hydrogen-bond acceptors (Lipinski definition) is 5. The first-order chi connectivity index (χ1) is 8.70. The van der Waals surface area contributed by atoms with E-state index in [1.165, 1.54) is 11.3 Å². The first-order valence-corrected chi connectivity index (χ1v) is 7.06. The van der Waals surface area contributed by atoms with Gasteiger partial charge in [-0.15, -0.1) is 23.1 Å². The highest BCUT2D eigenvalue weighted by molar-refractivity contribution is 7.98. The fourth-order valence-corrected chi connectivity index (χ4v) is 3.31. The van der Waals surface area contributed by atoms with Crippen molar-refractivity contribution in [1.82, 2.24) is 5.43 Å². The van der Waals surface area contributed by atoms with Crippen molar-refractivity contribution in [3.63, 3.8) is 0 Å². The van der Waals surface area contributed by atoms with Crippen molar-refractivity contribution in [3.8, 4) is 5.75 Å². The summed E-state index contributed by atoms with van der Waals surface area (Å²) in [6.45, 7) is 0. The topological polar surface area (TPSA) is 75.3 Å². The fraction of sp³-hybridized carbons (Fsp3) is 0.0833. The van der Waals surface area contributed by atoms with Gasteiger partial charge in [-0.3, -0.25) is 10.2 Å². The van der Waals surface area contributed by atoms with Crippen LogP contribution in [0.25, 0.3) is 0 Å². The van der Waals surface area contributed by atoms with Crippen LogP contribution in [-0.2, 0) is 5.75 Å². The van der Waals surface area contributed by atoms with Gasteiger partial charge in [-0.25, -0.2) is 5.84 Å². The maximum Gasteiger partial charge on any atom is 0.275 e. The van der Waals surface area contributed by atoms with Gasteiger partial charge in [0.15, 0.2) is 0 Å². The molecule has 0 unspecified atom stereocenters. The number of carbonyl (C=O) groups is 1. The van der Waals surface area contributed by atoms with Crippen LogP contribution in [0.2, 0.25) is 0 Å². The van der Waals surface area contributed by atoms with E-state index in [4.69, 9.17) is 5.84 Å². The van der Waals surface area contributed by atoms with Crippen LogP contribution in [0.15, 0.2) is 40.6 Å². The molecule has 0 aliphatic heterocycles. The van der Waals surface area contributed by atoms with Gasteiger partial charge in [0.1, 0.15) is 5.75 Å². The molecule has 0 saturated carbocycles. The lowest BCUT2D eigenvalue weighted by atomic mass is 10.3. The molecule has 0 aliphatic rings. The van der Waals surface area contributed by atoms with Crippen molar-refractivity contribution in [2.45, 2.75) is 10.6 Å². The first-order valence-electron chi connectivity index (χ1n) is 5.20. The smallest absolute Gasteiger partial charge is 0.275 e. The molecule has 94 valence electrons. The Morgan fingerprint density at radius 3 is 3.00 bits per heavy atom. The van der Waals surface area contributed by atoms with Crippen LogP contribution < -0.4 is 11.3 Å². The number of aromatic hydroxyl groups is 1. The van der Waals surface area contributed by atoms with Gasteiger partial charge in [0.05, 0.1) is 4.88 Å². The Morgan fingerprint density at radius 2 is 2.28 bits per heavy atom. The largest absolute Gasteiger partial charge is 0.508 e. The van der Waals surface area contributed by atoms with E-state index in [2.05, 4.69) is 5.43 Å². The van der Waals surface area contributed by atoms with E-state index in [1.807, 2.05) is 17.5 Å². The molecule has 1 amide bonds. The number of amides is 1. The molecule has 0 saturated heterocycles. The van der Waals surface area contributed by atoms with Gasteiger partial charge in [-0.1, -0.05) is 6.07 Å². The summed E-state index contributed by atoms with van der Waals surface area (Å²) >= 11 is 2.93. The highest BCUT2D eigenvalue weighted by Crippen LogP contribution is 2.28. The molecule has 6 heteroatoms. The molecule has 2 rings (SSSR count). The van der Waals surface area contributed by atoms with E-state index in [0.29, 0.717) is 10.6 Å². The Bertz CT molecular complexity index is 555. The summed E-state index contributed by atoms with van der Waals surface area (Å²) in [6, 6.07) is 8.94. The second kappa shape index (κ2) is 5.90. The van der Waals surface area contributed by atoms with Crippen LogP contribution in [0, 0.1) is 0 Å². The van der Waals surface area contributed by atoms with E-state index >= 15 is 0 Å². The molecule has 4 nitrogen and oxygen atoms in total. The molecule has 0 radical (unpaired) electrons. The number of hydrogen-bond donors (Lipinski definition) is 3. The normalized spacial score (nSPS) is 10.3. The third-order valence-electron chi connectivity index (χ3n) is 2.30. The molecular weight excluding hydrogens is 268 g/mol. The SMILES string of the molecule is NNC(=O)c1sccc1CSc1cccc(O)c1. The summed E-state index contributed by atoms with van der Waals surface area (Å²) in [4.78, 5) is 13.1. The molecule has 4 N–H and O–H groups in total. The minimum Gasteiger partial charge on any atom is -0.508 e. The number of hydrazine groups is 1. The average molecular weight is 280 g/mol. The summed E-state index contributed by atoms with van der Waals surface area (Å²) in [5.74, 6) is 5.76. The second-order valence-corrected chi connectivity index (χ2v) is 5.50. The molecule has 0 spiro atoms. The number of thioether (sulfide) groups is 1. The Morgan fingerprint density at radius 1 is 1.44 bits per heavy atom. The van der Waals surface area contributed by atoms with Gasteiger partial charge in [-0.05, 0) is 35.2 Å². The lowest BCUT2D eigenvalue weighted by molar-refractivity contribution is 0.0957. The maximum absolute atomic E-state index is 11.5. The standard InChI is InChI=1S/C12H12N2O2S2/c13-14-12(16)11-8(4-5-17-11)7-18-10-3-1-2-9(15)6-10/h1-6,15H,7,13H2,(H,14,16). The number of nitrogens with one attached hydrogen (secondary N) is 1. The molecule has 0 aliphatic carbocycles.